The molecule has 74 valence electrons. The molecule has 3 heteroatoms. The van der Waals surface area contributed by atoms with E-state index in [9.17, 15) is 0 Å². The average Bonchev–Trinajstić information content (AvgIpc) is 2.91. The van der Waals surface area contributed by atoms with E-state index in [1.54, 1.807) is 6.20 Å². The van der Waals surface area contributed by atoms with E-state index in [0.717, 1.165) is 11.7 Å². The molecule has 0 spiro atoms. The first kappa shape index (κ1) is 8.24. The molecule has 1 aromatic heterocycles. The second kappa shape index (κ2) is 3.24. The van der Waals surface area contributed by atoms with Crippen LogP contribution in [-0.2, 0) is 0 Å². The van der Waals surface area contributed by atoms with Crippen LogP contribution in [0.2, 0.25) is 0 Å². The summed E-state index contributed by atoms with van der Waals surface area (Å²) in [4.78, 5) is 2.55. The van der Waals surface area contributed by atoms with Gasteiger partial charge >= 0.3 is 0 Å². The van der Waals surface area contributed by atoms with Crippen LogP contribution in [0.1, 0.15) is 18.6 Å². The summed E-state index contributed by atoms with van der Waals surface area (Å²) >= 11 is 0. The van der Waals surface area contributed by atoms with Gasteiger partial charge in [0.05, 0.1) is 6.20 Å². The highest BCUT2D eigenvalue weighted by atomic mass is 16.5. The van der Waals surface area contributed by atoms with Crippen molar-refractivity contribution in [2.24, 2.45) is 5.92 Å². The molecular formula is C11H14N2O. The number of rotatable bonds is 2. The van der Waals surface area contributed by atoms with E-state index in [4.69, 9.17) is 4.52 Å². The van der Waals surface area contributed by atoms with Gasteiger partial charge in [-0.1, -0.05) is 11.2 Å². The first-order valence-corrected chi connectivity index (χ1v) is 5.25. The minimum absolute atomic E-state index is 0.638. The zero-order chi connectivity index (χ0) is 9.38. The van der Waals surface area contributed by atoms with Crippen LogP contribution in [0.4, 0.5) is 0 Å². The molecule has 0 aromatic carbocycles. The molecule has 3 rings (SSSR count). The Morgan fingerprint density at radius 3 is 3.21 bits per heavy atom. The van der Waals surface area contributed by atoms with Crippen LogP contribution >= 0.6 is 0 Å². The molecule has 1 aromatic rings. The molecule has 2 aliphatic rings. The number of piperidine rings is 1. The van der Waals surface area contributed by atoms with Crippen LogP contribution in [0.5, 0.6) is 0 Å². The van der Waals surface area contributed by atoms with Crippen LogP contribution in [0.15, 0.2) is 22.9 Å². The standard InChI is InChI=1S/C11H14N2O/c1(2-11-3-5-12-14-11)10-7-9-4-6-13(10)8-9/h1-3,5,9-10H,4,6-8H2/b2-1+. The maximum atomic E-state index is 5.02. The van der Waals surface area contributed by atoms with Crippen LogP contribution in [0.3, 0.4) is 0 Å². The largest absolute Gasteiger partial charge is 0.357 e. The number of aromatic nitrogens is 1. The van der Waals surface area contributed by atoms with Crippen LogP contribution in [0, 0.1) is 5.92 Å². The fourth-order valence-electron chi connectivity index (χ4n) is 2.56. The van der Waals surface area contributed by atoms with Gasteiger partial charge in [0.1, 0.15) is 0 Å². The molecule has 3 unspecified atom stereocenters. The van der Waals surface area contributed by atoms with E-state index in [1.165, 1.54) is 25.9 Å². The number of nitrogens with zero attached hydrogens (tertiary/aromatic N) is 2. The van der Waals surface area contributed by atoms with Crippen molar-refractivity contribution >= 4 is 6.08 Å². The third kappa shape index (κ3) is 1.38. The number of hydrogen-bond donors (Lipinski definition) is 0. The highest BCUT2D eigenvalue weighted by molar-refractivity contribution is 5.42. The van der Waals surface area contributed by atoms with E-state index in [1.807, 2.05) is 12.1 Å². The Labute approximate surface area is 83.4 Å². The van der Waals surface area contributed by atoms with Gasteiger partial charge in [-0.05, 0) is 31.4 Å². The molecule has 0 N–H and O–H groups in total. The van der Waals surface area contributed by atoms with Gasteiger partial charge in [-0.3, -0.25) is 4.90 Å². The minimum atomic E-state index is 0.638. The summed E-state index contributed by atoms with van der Waals surface area (Å²) in [6, 6.07) is 2.53. The lowest BCUT2D eigenvalue weighted by Gasteiger charge is -2.20. The summed E-state index contributed by atoms with van der Waals surface area (Å²) in [7, 11) is 0. The first-order chi connectivity index (χ1) is 6.92. The van der Waals surface area contributed by atoms with Crippen molar-refractivity contribution in [3.05, 3.63) is 24.1 Å². The third-order valence-electron chi connectivity index (χ3n) is 3.30. The molecule has 0 aliphatic carbocycles. The van der Waals surface area contributed by atoms with E-state index in [2.05, 4.69) is 16.1 Å². The van der Waals surface area contributed by atoms with Crippen molar-refractivity contribution in [3.63, 3.8) is 0 Å². The summed E-state index contributed by atoms with van der Waals surface area (Å²) in [5.41, 5.74) is 0. The second-order valence-electron chi connectivity index (χ2n) is 4.23. The lowest BCUT2D eigenvalue weighted by Crippen LogP contribution is -2.27. The zero-order valence-electron chi connectivity index (χ0n) is 8.10. The molecule has 0 radical (unpaired) electrons. The maximum Gasteiger partial charge on any atom is 0.159 e. The van der Waals surface area contributed by atoms with Gasteiger partial charge in [0.2, 0.25) is 0 Å². The summed E-state index contributed by atoms with van der Waals surface area (Å²) in [5.74, 6) is 1.80. The molecule has 2 saturated heterocycles. The third-order valence-corrected chi connectivity index (χ3v) is 3.30. The second-order valence-corrected chi connectivity index (χ2v) is 4.23. The molecular weight excluding hydrogens is 176 g/mol. The normalized spacial score (nSPS) is 35.9. The molecule has 0 saturated carbocycles. The Morgan fingerprint density at radius 2 is 2.57 bits per heavy atom. The van der Waals surface area contributed by atoms with Crippen molar-refractivity contribution in [3.8, 4) is 0 Å². The van der Waals surface area contributed by atoms with E-state index in [0.29, 0.717) is 6.04 Å². The van der Waals surface area contributed by atoms with Crippen LogP contribution in [-0.4, -0.2) is 29.2 Å². The summed E-state index contributed by atoms with van der Waals surface area (Å²) in [6.45, 7) is 2.57. The van der Waals surface area contributed by atoms with E-state index in [-0.39, 0.29) is 0 Å². The van der Waals surface area contributed by atoms with Gasteiger partial charge in [-0.2, -0.15) is 0 Å². The van der Waals surface area contributed by atoms with Crippen molar-refractivity contribution in [2.45, 2.75) is 18.9 Å². The fraction of sp³-hybridized carbons (Fsp3) is 0.545. The van der Waals surface area contributed by atoms with E-state index < -0.39 is 0 Å². The molecule has 3 heterocycles. The van der Waals surface area contributed by atoms with Crippen molar-refractivity contribution in [1.82, 2.24) is 10.1 Å². The summed E-state index contributed by atoms with van der Waals surface area (Å²) in [6.07, 6.45) is 8.69. The van der Waals surface area contributed by atoms with E-state index >= 15 is 0 Å². The minimum Gasteiger partial charge on any atom is -0.357 e. The van der Waals surface area contributed by atoms with Gasteiger partial charge in [-0.25, -0.2) is 0 Å². The van der Waals surface area contributed by atoms with Gasteiger partial charge in [0, 0.05) is 18.7 Å². The lowest BCUT2D eigenvalue weighted by molar-refractivity contribution is 0.306. The summed E-state index contributed by atoms with van der Waals surface area (Å²) < 4.78 is 5.02. The maximum absolute atomic E-state index is 5.02. The molecule has 14 heavy (non-hydrogen) atoms. The topological polar surface area (TPSA) is 29.3 Å². The predicted molar refractivity (Wildman–Crippen MR) is 53.6 cm³/mol. The van der Waals surface area contributed by atoms with Crippen molar-refractivity contribution in [1.29, 1.82) is 0 Å². The Balaban J connectivity index is 1.68. The number of fused-ring (bicyclic) bond motifs is 2. The Hall–Kier alpha value is -1.09. The summed E-state index contributed by atoms with van der Waals surface area (Å²) in [5, 5.41) is 3.68. The van der Waals surface area contributed by atoms with Gasteiger partial charge in [0.25, 0.3) is 0 Å². The monoisotopic (exact) mass is 190 g/mol. The molecule has 2 aliphatic heterocycles. The highest BCUT2D eigenvalue weighted by Gasteiger charge is 2.35. The Morgan fingerprint density at radius 1 is 1.57 bits per heavy atom. The van der Waals surface area contributed by atoms with Gasteiger partial charge in [0.15, 0.2) is 5.76 Å². The molecule has 2 bridgehead atoms. The predicted octanol–water partition coefficient (Wildman–Crippen LogP) is 1.78. The quantitative estimate of drug-likeness (QED) is 0.712. The molecule has 3 atom stereocenters. The number of hydrogen-bond acceptors (Lipinski definition) is 3. The fourth-order valence-corrected chi connectivity index (χ4v) is 2.56. The van der Waals surface area contributed by atoms with Crippen molar-refractivity contribution in [2.75, 3.05) is 13.1 Å². The van der Waals surface area contributed by atoms with Gasteiger partial charge in [-0.15, -0.1) is 0 Å². The molecule has 3 nitrogen and oxygen atoms in total. The Kier molecular flexibility index (Phi) is 1.91. The van der Waals surface area contributed by atoms with Crippen LogP contribution in [0.25, 0.3) is 6.08 Å². The Bertz CT molecular complexity index is 331. The van der Waals surface area contributed by atoms with Gasteiger partial charge < -0.3 is 4.52 Å². The zero-order valence-corrected chi connectivity index (χ0v) is 8.10. The van der Waals surface area contributed by atoms with Crippen LogP contribution < -0.4 is 0 Å². The van der Waals surface area contributed by atoms with Crippen molar-refractivity contribution < 1.29 is 4.52 Å². The first-order valence-electron chi connectivity index (χ1n) is 5.25. The SMILES string of the molecule is C(=C\C1CC2CCN1C2)/c1ccno1. The average molecular weight is 190 g/mol. The lowest BCUT2D eigenvalue weighted by atomic mass is 10.0. The molecule has 0 amide bonds. The molecule has 2 fully saturated rings. The smallest absolute Gasteiger partial charge is 0.159 e. The highest BCUT2D eigenvalue weighted by Crippen LogP contribution is 2.33.